The zero-order chi connectivity index (χ0) is 13.7. The van der Waals surface area contributed by atoms with E-state index >= 15 is 0 Å². The number of rotatable bonds is 4. The zero-order valence-electron chi connectivity index (χ0n) is 10.8. The number of urea groups is 1. The number of thioether (sulfide) groups is 1. The first-order valence-electron chi connectivity index (χ1n) is 6.61. The first-order chi connectivity index (χ1) is 9.12. The number of carboxylic acid groups (broad SMARTS) is 1. The third kappa shape index (κ3) is 3.76. The van der Waals surface area contributed by atoms with Crippen molar-refractivity contribution in [3.63, 3.8) is 0 Å². The van der Waals surface area contributed by atoms with Crippen LogP contribution < -0.4 is 10.6 Å². The summed E-state index contributed by atoms with van der Waals surface area (Å²) in [5.74, 6) is 0.105. The molecule has 108 valence electrons. The Labute approximate surface area is 116 Å². The van der Waals surface area contributed by atoms with E-state index in [1.165, 1.54) is 12.8 Å². The predicted molar refractivity (Wildman–Crippen MR) is 72.4 cm³/mol. The molecule has 2 fully saturated rings. The molecule has 0 bridgehead atoms. The molecule has 2 aliphatic heterocycles. The van der Waals surface area contributed by atoms with Gasteiger partial charge in [0, 0.05) is 24.8 Å². The van der Waals surface area contributed by atoms with Gasteiger partial charge in [-0.2, -0.15) is 11.8 Å². The number of aliphatic carboxylic acids is 1. The second-order valence-corrected chi connectivity index (χ2v) is 6.42. The van der Waals surface area contributed by atoms with Crippen molar-refractivity contribution >= 4 is 23.8 Å². The van der Waals surface area contributed by atoms with E-state index in [2.05, 4.69) is 10.6 Å². The highest BCUT2D eigenvalue weighted by molar-refractivity contribution is 7.99. The standard InChI is InChI=1S/C12H20N2O4S/c15-10(16)12(4-5-18-8-12)14-11(17)13-7-9-3-1-2-6-19-9/h9H,1-8H2,(H,15,16)(H2,13,14,17). The van der Waals surface area contributed by atoms with Crippen molar-refractivity contribution in [3.05, 3.63) is 0 Å². The molecule has 2 saturated heterocycles. The Balaban J connectivity index is 1.78. The van der Waals surface area contributed by atoms with Gasteiger partial charge in [-0.3, -0.25) is 0 Å². The molecule has 0 aromatic carbocycles. The SMILES string of the molecule is O=C(NCC1CCCCS1)NC1(C(=O)O)CCOC1. The minimum atomic E-state index is -1.26. The summed E-state index contributed by atoms with van der Waals surface area (Å²) in [6.07, 6.45) is 3.87. The van der Waals surface area contributed by atoms with Crippen molar-refractivity contribution in [1.29, 1.82) is 0 Å². The highest BCUT2D eigenvalue weighted by atomic mass is 32.2. The second-order valence-electron chi connectivity index (χ2n) is 5.01. The molecule has 2 unspecified atom stereocenters. The van der Waals surface area contributed by atoms with Gasteiger partial charge in [0.15, 0.2) is 5.54 Å². The maximum atomic E-state index is 11.8. The van der Waals surface area contributed by atoms with Crippen LogP contribution in [0.4, 0.5) is 4.79 Å². The molecule has 2 heterocycles. The fourth-order valence-corrected chi connectivity index (χ4v) is 3.56. The number of nitrogens with one attached hydrogen (secondary N) is 2. The molecule has 0 aromatic heterocycles. The van der Waals surface area contributed by atoms with Gasteiger partial charge in [0.1, 0.15) is 0 Å². The minimum absolute atomic E-state index is 0.0356. The van der Waals surface area contributed by atoms with Crippen LogP contribution in [-0.4, -0.2) is 53.4 Å². The molecule has 2 atom stereocenters. The van der Waals surface area contributed by atoms with Gasteiger partial charge in [0.05, 0.1) is 6.61 Å². The lowest BCUT2D eigenvalue weighted by molar-refractivity contribution is -0.144. The minimum Gasteiger partial charge on any atom is -0.479 e. The molecule has 2 rings (SSSR count). The third-order valence-corrected chi connectivity index (χ3v) is 4.95. The van der Waals surface area contributed by atoms with E-state index in [0.717, 1.165) is 12.2 Å². The lowest BCUT2D eigenvalue weighted by Crippen LogP contribution is -2.58. The average molecular weight is 288 g/mol. The van der Waals surface area contributed by atoms with Crippen molar-refractivity contribution in [2.75, 3.05) is 25.5 Å². The normalized spacial score (nSPS) is 30.8. The Morgan fingerprint density at radius 3 is 2.84 bits per heavy atom. The zero-order valence-corrected chi connectivity index (χ0v) is 11.6. The molecule has 6 nitrogen and oxygen atoms in total. The molecule has 0 spiro atoms. The van der Waals surface area contributed by atoms with E-state index in [9.17, 15) is 14.7 Å². The highest BCUT2D eigenvalue weighted by Gasteiger charge is 2.44. The van der Waals surface area contributed by atoms with Crippen LogP contribution in [0.2, 0.25) is 0 Å². The Bertz CT molecular complexity index is 339. The van der Waals surface area contributed by atoms with Crippen molar-refractivity contribution in [2.45, 2.75) is 36.5 Å². The number of amides is 2. The van der Waals surface area contributed by atoms with Crippen LogP contribution in [0, 0.1) is 0 Å². The summed E-state index contributed by atoms with van der Waals surface area (Å²) in [5.41, 5.74) is -1.26. The molecule has 0 radical (unpaired) electrons. The maximum absolute atomic E-state index is 11.8. The van der Waals surface area contributed by atoms with Crippen molar-refractivity contribution in [1.82, 2.24) is 10.6 Å². The number of ether oxygens (including phenoxy) is 1. The maximum Gasteiger partial charge on any atom is 0.332 e. The van der Waals surface area contributed by atoms with Gasteiger partial charge in [-0.15, -0.1) is 0 Å². The highest BCUT2D eigenvalue weighted by Crippen LogP contribution is 2.24. The molecule has 3 N–H and O–H groups in total. The van der Waals surface area contributed by atoms with Crippen molar-refractivity contribution < 1.29 is 19.4 Å². The number of hydrogen-bond donors (Lipinski definition) is 3. The summed E-state index contributed by atoms with van der Waals surface area (Å²) in [7, 11) is 0. The van der Waals surface area contributed by atoms with E-state index in [0.29, 0.717) is 24.8 Å². The van der Waals surface area contributed by atoms with Crippen LogP contribution in [0.25, 0.3) is 0 Å². The first kappa shape index (κ1) is 14.5. The summed E-state index contributed by atoms with van der Waals surface area (Å²) in [6.45, 7) is 0.992. The van der Waals surface area contributed by atoms with Crippen molar-refractivity contribution in [2.24, 2.45) is 0 Å². The van der Waals surface area contributed by atoms with Crippen LogP contribution in [0.15, 0.2) is 0 Å². The van der Waals surface area contributed by atoms with E-state index in [1.807, 2.05) is 11.8 Å². The average Bonchev–Trinajstić information content (AvgIpc) is 2.87. The van der Waals surface area contributed by atoms with Crippen LogP contribution in [0.3, 0.4) is 0 Å². The largest absolute Gasteiger partial charge is 0.479 e. The van der Waals surface area contributed by atoms with Crippen molar-refractivity contribution in [3.8, 4) is 0 Å². The van der Waals surface area contributed by atoms with E-state index < -0.39 is 17.5 Å². The van der Waals surface area contributed by atoms with Crippen LogP contribution in [-0.2, 0) is 9.53 Å². The van der Waals surface area contributed by atoms with Gasteiger partial charge in [-0.05, 0) is 18.6 Å². The van der Waals surface area contributed by atoms with Crippen LogP contribution >= 0.6 is 11.8 Å². The van der Waals surface area contributed by atoms with Gasteiger partial charge >= 0.3 is 12.0 Å². The molecular weight excluding hydrogens is 268 g/mol. The first-order valence-corrected chi connectivity index (χ1v) is 7.66. The Kier molecular flexibility index (Phi) is 4.93. The summed E-state index contributed by atoms with van der Waals surface area (Å²) in [6, 6.07) is -0.418. The molecule has 0 aliphatic carbocycles. The molecule has 0 saturated carbocycles. The van der Waals surface area contributed by atoms with Gasteiger partial charge in [0.25, 0.3) is 0 Å². The summed E-state index contributed by atoms with van der Waals surface area (Å²) in [4.78, 5) is 23.0. The molecule has 0 aromatic rings. The third-order valence-electron chi connectivity index (χ3n) is 3.55. The Morgan fingerprint density at radius 2 is 2.26 bits per heavy atom. The Morgan fingerprint density at radius 1 is 1.42 bits per heavy atom. The van der Waals surface area contributed by atoms with E-state index in [-0.39, 0.29) is 6.61 Å². The second kappa shape index (κ2) is 6.47. The van der Waals surface area contributed by atoms with Gasteiger partial charge in [0.2, 0.25) is 0 Å². The summed E-state index contributed by atoms with van der Waals surface area (Å²) >= 11 is 1.87. The summed E-state index contributed by atoms with van der Waals surface area (Å²) < 4.78 is 5.09. The molecule has 19 heavy (non-hydrogen) atoms. The number of carbonyl (C=O) groups excluding carboxylic acids is 1. The van der Waals surface area contributed by atoms with Crippen LogP contribution in [0.5, 0.6) is 0 Å². The Hall–Kier alpha value is -0.950. The quantitative estimate of drug-likeness (QED) is 0.712. The predicted octanol–water partition coefficient (Wildman–Crippen LogP) is 0.815. The summed E-state index contributed by atoms with van der Waals surface area (Å²) in [5, 5.41) is 15.0. The molecule has 7 heteroatoms. The topological polar surface area (TPSA) is 87.7 Å². The van der Waals surface area contributed by atoms with Gasteiger partial charge in [-0.25, -0.2) is 9.59 Å². The number of carbonyl (C=O) groups is 2. The smallest absolute Gasteiger partial charge is 0.332 e. The number of carboxylic acids is 1. The van der Waals surface area contributed by atoms with Gasteiger partial charge < -0.3 is 20.5 Å². The van der Waals surface area contributed by atoms with Gasteiger partial charge in [-0.1, -0.05) is 6.42 Å². The lowest BCUT2D eigenvalue weighted by atomic mass is 9.99. The lowest BCUT2D eigenvalue weighted by Gasteiger charge is -2.25. The molecule has 2 amide bonds. The molecule has 2 aliphatic rings. The fourth-order valence-electron chi connectivity index (χ4n) is 2.32. The molecular formula is C12H20N2O4S. The fraction of sp³-hybridized carbons (Fsp3) is 0.833. The van der Waals surface area contributed by atoms with E-state index in [4.69, 9.17) is 4.74 Å². The monoisotopic (exact) mass is 288 g/mol. The van der Waals surface area contributed by atoms with E-state index in [1.54, 1.807) is 0 Å². The number of hydrogen-bond acceptors (Lipinski definition) is 4. The van der Waals surface area contributed by atoms with Crippen LogP contribution in [0.1, 0.15) is 25.7 Å².